The van der Waals surface area contributed by atoms with Crippen LogP contribution in [0.3, 0.4) is 0 Å². The second-order valence-electron chi connectivity index (χ2n) is 5.63. The van der Waals surface area contributed by atoms with Crippen LogP contribution in [0.25, 0.3) is 0 Å². The Balaban J connectivity index is 1.99. The number of anilines is 1. The molecule has 0 saturated heterocycles. The Morgan fingerprint density at radius 3 is 2.86 bits per heavy atom. The molecule has 116 valence electrons. The Morgan fingerprint density at radius 2 is 2.18 bits per heavy atom. The lowest BCUT2D eigenvalue weighted by Crippen LogP contribution is -2.28. The van der Waals surface area contributed by atoms with Gasteiger partial charge < -0.3 is 9.64 Å². The topological polar surface area (TPSA) is 54.3 Å². The molecule has 5 heteroatoms. The molecule has 0 aromatic heterocycles. The van der Waals surface area contributed by atoms with E-state index in [1.165, 1.54) is 11.3 Å². The molecule has 0 fully saturated rings. The third-order valence-corrected chi connectivity index (χ3v) is 4.15. The van der Waals surface area contributed by atoms with Crippen molar-refractivity contribution >= 4 is 29.1 Å². The Labute approximate surface area is 130 Å². The van der Waals surface area contributed by atoms with Crippen molar-refractivity contribution in [3.8, 4) is 0 Å². The second-order valence-corrected chi connectivity index (χ2v) is 5.63. The second kappa shape index (κ2) is 5.91. The zero-order valence-electron chi connectivity index (χ0n) is 13.3. The van der Waals surface area contributed by atoms with Crippen LogP contribution in [0.5, 0.6) is 0 Å². The van der Waals surface area contributed by atoms with Crippen molar-refractivity contribution in [2.24, 2.45) is 9.98 Å². The molecule has 0 unspecified atom stereocenters. The van der Waals surface area contributed by atoms with Crippen molar-refractivity contribution in [1.29, 1.82) is 0 Å². The number of aryl methyl sites for hydroxylation is 2. The highest BCUT2D eigenvalue weighted by Crippen LogP contribution is 2.33. The number of aliphatic imine (C=N–C) groups is 2. The summed E-state index contributed by atoms with van der Waals surface area (Å²) in [5, 5.41) is 0. The van der Waals surface area contributed by atoms with Crippen LogP contribution in [0.1, 0.15) is 37.8 Å². The maximum atomic E-state index is 11.8. The van der Waals surface area contributed by atoms with Crippen molar-refractivity contribution in [3.05, 3.63) is 23.3 Å². The van der Waals surface area contributed by atoms with E-state index in [4.69, 9.17) is 4.74 Å². The highest BCUT2D eigenvalue weighted by Gasteiger charge is 2.24. The average Bonchev–Trinajstić information content (AvgIpc) is 2.88. The molecule has 0 N–H and O–H groups in total. The van der Waals surface area contributed by atoms with Crippen LogP contribution in [-0.4, -0.2) is 30.8 Å². The summed E-state index contributed by atoms with van der Waals surface area (Å²) in [5.74, 6) is 0.142. The van der Waals surface area contributed by atoms with Gasteiger partial charge in [-0.1, -0.05) is 6.92 Å². The first-order chi connectivity index (χ1) is 10.6. The first kappa shape index (κ1) is 14.8. The van der Waals surface area contributed by atoms with Gasteiger partial charge in [0.1, 0.15) is 0 Å². The number of hydrogen-bond donors (Lipinski definition) is 0. The van der Waals surface area contributed by atoms with Gasteiger partial charge in [0, 0.05) is 25.2 Å². The van der Waals surface area contributed by atoms with Crippen LogP contribution in [0.4, 0.5) is 11.4 Å². The van der Waals surface area contributed by atoms with E-state index in [-0.39, 0.29) is 5.84 Å². The highest BCUT2D eigenvalue weighted by molar-refractivity contribution is 6.42. The maximum Gasteiger partial charge on any atom is 0.382 e. The molecule has 0 atom stereocenters. The number of nitrogens with zero attached hydrogens (tertiary/aromatic N) is 3. The molecule has 0 amide bonds. The van der Waals surface area contributed by atoms with E-state index in [9.17, 15) is 4.79 Å². The number of benzene rings is 1. The lowest BCUT2D eigenvalue weighted by Gasteiger charge is -2.31. The van der Waals surface area contributed by atoms with Crippen molar-refractivity contribution in [1.82, 2.24) is 0 Å². The SMILES string of the molecule is CCC1=N/C(=N/c2cc3c(cc2C)N(CC)CCC3)C(=O)O1. The molecular weight excluding hydrogens is 278 g/mol. The predicted octanol–water partition coefficient (Wildman–Crippen LogP) is 3.16. The van der Waals surface area contributed by atoms with Gasteiger partial charge in [0.2, 0.25) is 11.7 Å². The molecule has 1 aromatic rings. The van der Waals surface area contributed by atoms with Gasteiger partial charge in [-0.15, -0.1) is 0 Å². The van der Waals surface area contributed by atoms with E-state index in [1.54, 1.807) is 0 Å². The first-order valence-corrected chi connectivity index (χ1v) is 7.89. The van der Waals surface area contributed by atoms with Crippen LogP contribution in [-0.2, 0) is 16.0 Å². The van der Waals surface area contributed by atoms with E-state index < -0.39 is 5.97 Å². The highest BCUT2D eigenvalue weighted by atomic mass is 16.6. The van der Waals surface area contributed by atoms with Gasteiger partial charge in [0.05, 0.1) is 5.69 Å². The molecule has 0 bridgehead atoms. The van der Waals surface area contributed by atoms with E-state index in [1.807, 2.05) is 13.8 Å². The summed E-state index contributed by atoms with van der Waals surface area (Å²) in [6.07, 6.45) is 2.80. The Hall–Kier alpha value is -2.17. The van der Waals surface area contributed by atoms with Crippen LogP contribution < -0.4 is 4.90 Å². The van der Waals surface area contributed by atoms with Gasteiger partial charge in [-0.2, -0.15) is 4.99 Å². The number of rotatable bonds is 3. The number of carbonyl (C=O) groups is 1. The minimum Gasteiger partial charge on any atom is -0.406 e. The van der Waals surface area contributed by atoms with Gasteiger partial charge in [-0.3, -0.25) is 0 Å². The predicted molar refractivity (Wildman–Crippen MR) is 88.3 cm³/mol. The average molecular weight is 299 g/mol. The summed E-state index contributed by atoms with van der Waals surface area (Å²) >= 11 is 0. The van der Waals surface area contributed by atoms with Crippen LogP contribution in [0.2, 0.25) is 0 Å². The zero-order chi connectivity index (χ0) is 15.7. The number of hydrogen-bond acceptors (Lipinski definition) is 4. The van der Waals surface area contributed by atoms with Gasteiger partial charge >= 0.3 is 5.97 Å². The van der Waals surface area contributed by atoms with E-state index in [2.05, 4.69) is 33.9 Å². The Kier molecular flexibility index (Phi) is 3.96. The number of fused-ring (bicyclic) bond motifs is 1. The summed E-state index contributed by atoms with van der Waals surface area (Å²) in [4.78, 5) is 22.7. The molecule has 2 heterocycles. The van der Waals surface area contributed by atoms with Crippen molar-refractivity contribution in [2.45, 2.75) is 40.0 Å². The smallest absolute Gasteiger partial charge is 0.382 e. The third-order valence-electron chi connectivity index (χ3n) is 4.15. The maximum absolute atomic E-state index is 11.8. The molecule has 3 rings (SSSR count). The molecule has 5 nitrogen and oxygen atoms in total. The molecule has 0 aliphatic carbocycles. The summed E-state index contributed by atoms with van der Waals surface area (Å²) in [5.41, 5.74) is 4.45. The molecule has 0 saturated carbocycles. The standard InChI is InChI=1S/C17H21N3O2/c1-4-15-19-16(17(21)22-15)18-13-10-12-7-6-8-20(5-2)14(12)9-11(13)3/h9-10H,4-8H2,1-3H3/b18-16+. The van der Waals surface area contributed by atoms with Gasteiger partial charge in [0.25, 0.3) is 0 Å². The fraction of sp³-hybridized carbons (Fsp3) is 0.471. The third kappa shape index (κ3) is 2.63. The minimum atomic E-state index is -0.454. The van der Waals surface area contributed by atoms with Gasteiger partial charge in [0.15, 0.2) is 0 Å². The Bertz CT molecular complexity index is 677. The molecule has 0 radical (unpaired) electrons. The number of carbonyl (C=O) groups excluding carboxylic acids is 1. The minimum absolute atomic E-state index is 0.156. The first-order valence-electron chi connectivity index (χ1n) is 7.89. The lowest BCUT2D eigenvalue weighted by atomic mass is 9.98. The lowest BCUT2D eigenvalue weighted by molar-refractivity contribution is -0.127. The fourth-order valence-electron chi connectivity index (χ4n) is 2.92. The van der Waals surface area contributed by atoms with Crippen molar-refractivity contribution in [2.75, 3.05) is 18.0 Å². The van der Waals surface area contributed by atoms with E-state index >= 15 is 0 Å². The normalized spacial score (nSPS) is 19.2. The Morgan fingerprint density at radius 1 is 1.36 bits per heavy atom. The summed E-state index contributed by atoms with van der Waals surface area (Å²) in [6.45, 7) is 8.21. The summed E-state index contributed by atoms with van der Waals surface area (Å²) in [6, 6.07) is 4.26. The molecule has 1 aromatic carbocycles. The fourth-order valence-corrected chi connectivity index (χ4v) is 2.92. The largest absolute Gasteiger partial charge is 0.406 e. The number of amidine groups is 1. The monoisotopic (exact) mass is 299 g/mol. The number of ether oxygens (including phenoxy) is 1. The summed E-state index contributed by atoms with van der Waals surface area (Å²) < 4.78 is 5.05. The molecule has 22 heavy (non-hydrogen) atoms. The van der Waals surface area contributed by atoms with Crippen LogP contribution in [0, 0.1) is 6.92 Å². The van der Waals surface area contributed by atoms with Crippen LogP contribution >= 0.6 is 0 Å². The van der Waals surface area contributed by atoms with Crippen molar-refractivity contribution in [3.63, 3.8) is 0 Å². The molecule has 0 spiro atoms. The number of cyclic esters (lactones) is 1. The molecule has 2 aliphatic rings. The van der Waals surface area contributed by atoms with E-state index in [0.29, 0.717) is 12.3 Å². The molecule has 2 aliphatic heterocycles. The summed E-state index contributed by atoms with van der Waals surface area (Å²) in [7, 11) is 0. The van der Waals surface area contributed by atoms with Crippen LogP contribution in [0.15, 0.2) is 22.1 Å². The molecular formula is C17H21N3O2. The zero-order valence-corrected chi connectivity index (χ0v) is 13.3. The number of esters is 1. The van der Waals surface area contributed by atoms with E-state index in [0.717, 1.165) is 37.2 Å². The van der Waals surface area contributed by atoms with Gasteiger partial charge in [-0.05, 0) is 49.9 Å². The quantitative estimate of drug-likeness (QED) is 0.806. The van der Waals surface area contributed by atoms with Gasteiger partial charge in [-0.25, -0.2) is 9.79 Å². The van der Waals surface area contributed by atoms with Crippen molar-refractivity contribution < 1.29 is 9.53 Å².